The zero-order chi connectivity index (χ0) is 11.5. The van der Waals surface area contributed by atoms with E-state index in [1.165, 1.54) is 23.9 Å². The van der Waals surface area contributed by atoms with E-state index in [0.717, 1.165) is 14.3 Å². The molecular weight excluding hydrogens is 291 g/mol. The van der Waals surface area contributed by atoms with Crippen LogP contribution in [0.15, 0.2) is 50.9 Å². The van der Waals surface area contributed by atoms with Gasteiger partial charge >= 0.3 is 0 Å². The molecule has 0 atom stereocenters. The summed E-state index contributed by atoms with van der Waals surface area (Å²) >= 11 is 4.85. The molecule has 0 aliphatic carbocycles. The number of anilines is 1. The average molecular weight is 299 g/mol. The molecule has 0 spiro atoms. The van der Waals surface area contributed by atoms with Gasteiger partial charge in [0, 0.05) is 11.1 Å². The van der Waals surface area contributed by atoms with Crippen molar-refractivity contribution in [1.82, 2.24) is 4.98 Å². The van der Waals surface area contributed by atoms with Crippen molar-refractivity contribution in [2.45, 2.75) is 9.79 Å². The molecule has 2 rings (SSSR count). The normalized spacial score (nSPS) is 10.4. The molecule has 5 heteroatoms. The van der Waals surface area contributed by atoms with Gasteiger partial charge in [-0.05, 0) is 40.2 Å². The Bertz CT molecular complexity index is 482. The Morgan fingerprint density at radius 2 is 1.88 bits per heavy atom. The first-order valence-corrected chi connectivity index (χ1v) is 6.10. The van der Waals surface area contributed by atoms with E-state index in [0.29, 0.717) is 5.69 Å². The number of nitrogens with zero attached hydrogens (tertiary/aromatic N) is 1. The van der Waals surface area contributed by atoms with Crippen LogP contribution in [0.25, 0.3) is 0 Å². The zero-order valence-corrected chi connectivity index (χ0v) is 10.6. The lowest BCUT2D eigenvalue weighted by Crippen LogP contribution is -1.90. The Balaban J connectivity index is 2.30. The van der Waals surface area contributed by atoms with E-state index >= 15 is 0 Å². The maximum absolute atomic E-state index is 12.7. The average Bonchev–Trinajstić information content (AvgIpc) is 2.26. The number of aromatic nitrogens is 1. The van der Waals surface area contributed by atoms with Crippen molar-refractivity contribution in [3.05, 3.63) is 46.9 Å². The van der Waals surface area contributed by atoms with Crippen LogP contribution in [0.2, 0.25) is 0 Å². The van der Waals surface area contributed by atoms with Crippen LogP contribution in [0, 0.1) is 5.82 Å². The minimum Gasteiger partial charge on any atom is -0.397 e. The van der Waals surface area contributed by atoms with Gasteiger partial charge in [-0.1, -0.05) is 11.8 Å². The summed E-state index contributed by atoms with van der Waals surface area (Å²) < 4.78 is 13.6. The van der Waals surface area contributed by atoms with Gasteiger partial charge in [0.25, 0.3) is 0 Å². The molecule has 1 aromatic carbocycles. The zero-order valence-electron chi connectivity index (χ0n) is 8.15. The minimum absolute atomic E-state index is 0.244. The quantitative estimate of drug-likeness (QED) is 0.918. The first-order chi connectivity index (χ1) is 7.66. The molecule has 0 radical (unpaired) electrons. The highest BCUT2D eigenvalue weighted by Crippen LogP contribution is 2.36. The lowest BCUT2D eigenvalue weighted by Gasteiger charge is -2.06. The number of benzene rings is 1. The molecule has 0 amide bonds. The Labute approximate surface area is 105 Å². The number of nitrogens with two attached hydrogens (primary N) is 1. The van der Waals surface area contributed by atoms with Gasteiger partial charge in [-0.2, -0.15) is 0 Å². The fourth-order valence-electron chi connectivity index (χ4n) is 1.17. The summed E-state index contributed by atoms with van der Waals surface area (Å²) in [6.45, 7) is 0. The van der Waals surface area contributed by atoms with Crippen LogP contribution < -0.4 is 5.73 Å². The maximum Gasteiger partial charge on any atom is 0.123 e. The van der Waals surface area contributed by atoms with Gasteiger partial charge in [-0.25, -0.2) is 4.39 Å². The predicted octanol–water partition coefficient (Wildman–Crippen LogP) is 3.72. The van der Waals surface area contributed by atoms with Gasteiger partial charge in [-0.15, -0.1) is 0 Å². The Morgan fingerprint density at radius 1 is 1.19 bits per heavy atom. The molecule has 1 aromatic heterocycles. The highest BCUT2D eigenvalue weighted by Gasteiger charge is 2.06. The molecule has 1 heterocycles. The predicted molar refractivity (Wildman–Crippen MR) is 66.9 cm³/mol. The van der Waals surface area contributed by atoms with Gasteiger partial charge in [-0.3, -0.25) is 4.98 Å². The summed E-state index contributed by atoms with van der Waals surface area (Å²) in [6, 6.07) is 6.28. The largest absolute Gasteiger partial charge is 0.397 e. The molecule has 0 bridgehead atoms. The van der Waals surface area contributed by atoms with Crippen LogP contribution in [0.5, 0.6) is 0 Å². The first kappa shape index (κ1) is 11.4. The van der Waals surface area contributed by atoms with Gasteiger partial charge in [0.15, 0.2) is 0 Å². The van der Waals surface area contributed by atoms with E-state index < -0.39 is 0 Å². The third-order valence-electron chi connectivity index (χ3n) is 1.91. The van der Waals surface area contributed by atoms with Gasteiger partial charge < -0.3 is 5.73 Å². The second-order valence-corrected chi connectivity index (χ2v) is 5.03. The Morgan fingerprint density at radius 3 is 2.50 bits per heavy atom. The molecule has 0 aliphatic rings. The Kier molecular flexibility index (Phi) is 3.46. The standard InChI is InChI=1S/C11H8BrFN2S/c12-9-5-15-6-10(14)11(9)16-8-3-1-7(13)2-4-8/h1-6H,14H2. The number of nitrogen functional groups attached to an aromatic ring is 1. The molecule has 0 saturated carbocycles. The van der Waals surface area contributed by atoms with E-state index in [1.807, 2.05) is 0 Å². The highest BCUT2D eigenvalue weighted by molar-refractivity contribution is 9.10. The van der Waals surface area contributed by atoms with E-state index in [1.54, 1.807) is 24.5 Å². The van der Waals surface area contributed by atoms with Gasteiger partial charge in [0.2, 0.25) is 0 Å². The molecular formula is C11H8BrFN2S. The van der Waals surface area contributed by atoms with Crippen molar-refractivity contribution >= 4 is 33.4 Å². The van der Waals surface area contributed by atoms with Crippen molar-refractivity contribution in [3.63, 3.8) is 0 Å². The SMILES string of the molecule is Nc1cncc(Br)c1Sc1ccc(F)cc1. The maximum atomic E-state index is 12.7. The van der Waals surface area contributed by atoms with Crippen LogP contribution in [-0.4, -0.2) is 4.98 Å². The summed E-state index contributed by atoms with van der Waals surface area (Å²) in [5.74, 6) is -0.244. The van der Waals surface area contributed by atoms with Gasteiger partial charge in [0.05, 0.1) is 21.3 Å². The molecule has 82 valence electrons. The molecule has 2 nitrogen and oxygen atoms in total. The molecule has 2 N–H and O–H groups in total. The van der Waals surface area contributed by atoms with E-state index in [4.69, 9.17) is 5.73 Å². The number of halogens is 2. The first-order valence-electron chi connectivity index (χ1n) is 4.49. The fourth-order valence-corrected chi connectivity index (χ4v) is 2.58. The van der Waals surface area contributed by atoms with Crippen molar-refractivity contribution in [1.29, 1.82) is 0 Å². The monoisotopic (exact) mass is 298 g/mol. The summed E-state index contributed by atoms with van der Waals surface area (Å²) in [7, 11) is 0. The van der Waals surface area contributed by atoms with E-state index in [-0.39, 0.29) is 5.82 Å². The second kappa shape index (κ2) is 4.84. The third-order valence-corrected chi connectivity index (χ3v) is 3.95. The van der Waals surface area contributed by atoms with Crippen LogP contribution >= 0.6 is 27.7 Å². The van der Waals surface area contributed by atoms with E-state index in [2.05, 4.69) is 20.9 Å². The van der Waals surface area contributed by atoms with Crippen molar-refractivity contribution in [3.8, 4) is 0 Å². The summed E-state index contributed by atoms with van der Waals surface area (Å²) in [5, 5.41) is 0. The lowest BCUT2D eigenvalue weighted by atomic mass is 10.3. The van der Waals surface area contributed by atoms with E-state index in [9.17, 15) is 4.39 Å². The van der Waals surface area contributed by atoms with Crippen molar-refractivity contribution in [2.75, 3.05) is 5.73 Å². The van der Waals surface area contributed by atoms with Crippen molar-refractivity contribution < 1.29 is 4.39 Å². The highest BCUT2D eigenvalue weighted by atomic mass is 79.9. The van der Waals surface area contributed by atoms with Crippen LogP contribution in [0.1, 0.15) is 0 Å². The Hall–Kier alpha value is -1.07. The number of hydrogen-bond acceptors (Lipinski definition) is 3. The molecule has 16 heavy (non-hydrogen) atoms. The minimum atomic E-state index is -0.244. The van der Waals surface area contributed by atoms with Crippen LogP contribution in [0.3, 0.4) is 0 Å². The van der Waals surface area contributed by atoms with Crippen LogP contribution in [-0.2, 0) is 0 Å². The fraction of sp³-hybridized carbons (Fsp3) is 0. The molecule has 0 aliphatic heterocycles. The molecule has 2 aromatic rings. The molecule has 0 saturated heterocycles. The second-order valence-electron chi connectivity index (χ2n) is 3.10. The molecule has 0 fully saturated rings. The summed E-state index contributed by atoms with van der Waals surface area (Å²) in [5.41, 5.74) is 6.41. The third kappa shape index (κ3) is 2.54. The molecule has 0 unspecified atom stereocenters. The number of rotatable bonds is 2. The van der Waals surface area contributed by atoms with Crippen LogP contribution in [0.4, 0.5) is 10.1 Å². The number of hydrogen-bond donors (Lipinski definition) is 1. The topological polar surface area (TPSA) is 38.9 Å². The lowest BCUT2D eigenvalue weighted by molar-refractivity contribution is 0.626. The number of pyridine rings is 1. The smallest absolute Gasteiger partial charge is 0.123 e. The summed E-state index contributed by atoms with van der Waals surface area (Å²) in [4.78, 5) is 5.78. The summed E-state index contributed by atoms with van der Waals surface area (Å²) in [6.07, 6.45) is 3.28. The van der Waals surface area contributed by atoms with Gasteiger partial charge in [0.1, 0.15) is 5.82 Å². The van der Waals surface area contributed by atoms with Crippen molar-refractivity contribution in [2.24, 2.45) is 0 Å².